The fourth-order valence-corrected chi connectivity index (χ4v) is 1.89. The van der Waals surface area contributed by atoms with Crippen LogP contribution in [0.1, 0.15) is 5.56 Å². The molecule has 0 atom stereocenters. The molecule has 0 aliphatic heterocycles. The van der Waals surface area contributed by atoms with E-state index in [1.54, 1.807) is 11.9 Å². The van der Waals surface area contributed by atoms with Crippen LogP contribution in [0.15, 0.2) is 30.5 Å². The molecule has 1 aromatic heterocycles. The molecule has 0 bridgehead atoms. The van der Waals surface area contributed by atoms with Crippen molar-refractivity contribution in [1.29, 1.82) is 0 Å². The molecule has 90 valence electrons. The maximum absolute atomic E-state index is 11.7. The maximum atomic E-state index is 11.7. The van der Waals surface area contributed by atoms with Gasteiger partial charge in [0.2, 0.25) is 5.91 Å². The van der Waals surface area contributed by atoms with Crippen LogP contribution in [-0.4, -0.2) is 36.4 Å². The number of H-pyrrole nitrogens is 1. The van der Waals surface area contributed by atoms with E-state index in [1.807, 2.05) is 31.4 Å². The minimum absolute atomic E-state index is 0.0952. The summed E-state index contributed by atoms with van der Waals surface area (Å²) in [7, 11) is 3.60. The molecular weight excluding hydrogens is 214 g/mol. The number of nitrogens with one attached hydrogen (secondary N) is 2. The first-order valence-electron chi connectivity index (χ1n) is 5.66. The number of carbonyl (C=O) groups excluding carboxylic acids is 1. The van der Waals surface area contributed by atoms with Crippen molar-refractivity contribution < 1.29 is 4.79 Å². The summed E-state index contributed by atoms with van der Waals surface area (Å²) in [5, 5.41) is 4.04. The van der Waals surface area contributed by atoms with Crippen LogP contribution >= 0.6 is 0 Å². The van der Waals surface area contributed by atoms with Crippen LogP contribution < -0.4 is 5.32 Å². The number of aromatic nitrogens is 1. The average molecular weight is 231 g/mol. The van der Waals surface area contributed by atoms with Gasteiger partial charge in [0.25, 0.3) is 0 Å². The number of para-hydroxylation sites is 1. The maximum Gasteiger partial charge on any atom is 0.236 e. The summed E-state index contributed by atoms with van der Waals surface area (Å²) in [6.07, 6.45) is 1.97. The van der Waals surface area contributed by atoms with Crippen LogP contribution in [0.25, 0.3) is 10.9 Å². The van der Waals surface area contributed by atoms with Gasteiger partial charge in [0.1, 0.15) is 0 Å². The summed E-state index contributed by atoms with van der Waals surface area (Å²) < 4.78 is 0. The van der Waals surface area contributed by atoms with Gasteiger partial charge in [-0.25, -0.2) is 0 Å². The summed E-state index contributed by atoms with van der Waals surface area (Å²) in [6, 6.07) is 8.11. The van der Waals surface area contributed by atoms with E-state index >= 15 is 0 Å². The van der Waals surface area contributed by atoms with Crippen LogP contribution in [0.2, 0.25) is 0 Å². The lowest BCUT2D eigenvalue weighted by Crippen LogP contribution is -2.33. The Kier molecular flexibility index (Phi) is 3.44. The van der Waals surface area contributed by atoms with Crippen molar-refractivity contribution in [2.24, 2.45) is 0 Å². The third kappa shape index (κ3) is 2.47. The van der Waals surface area contributed by atoms with Gasteiger partial charge in [-0.1, -0.05) is 18.2 Å². The second kappa shape index (κ2) is 5.01. The number of aromatic amines is 1. The van der Waals surface area contributed by atoms with Crippen molar-refractivity contribution >= 4 is 16.8 Å². The van der Waals surface area contributed by atoms with Gasteiger partial charge in [-0.15, -0.1) is 0 Å². The standard InChI is InChI=1S/C13H17N3O/c1-14-8-13(17)16(2)9-10-7-15-12-6-4-3-5-11(10)12/h3-7,14-15H,8-9H2,1-2H3. The van der Waals surface area contributed by atoms with E-state index < -0.39 is 0 Å². The molecule has 0 saturated carbocycles. The Morgan fingerprint density at radius 2 is 2.18 bits per heavy atom. The molecule has 0 aliphatic carbocycles. The summed E-state index contributed by atoms with van der Waals surface area (Å²) >= 11 is 0. The minimum atomic E-state index is 0.0952. The van der Waals surface area contributed by atoms with Crippen LogP contribution in [0.3, 0.4) is 0 Å². The number of benzene rings is 1. The lowest BCUT2D eigenvalue weighted by atomic mass is 10.1. The molecule has 17 heavy (non-hydrogen) atoms. The zero-order valence-corrected chi connectivity index (χ0v) is 10.2. The molecule has 1 amide bonds. The third-order valence-electron chi connectivity index (χ3n) is 2.84. The Balaban J connectivity index is 2.16. The number of rotatable bonds is 4. The Bertz CT molecular complexity index is 518. The Hall–Kier alpha value is -1.81. The lowest BCUT2D eigenvalue weighted by Gasteiger charge is -2.16. The molecule has 0 spiro atoms. The molecule has 4 nitrogen and oxygen atoms in total. The zero-order chi connectivity index (χ0) is 12.3. The summed E-state index contributed by atoms with van der Waals surface area (Å²) in [5.41, 5.74) is 2.25. The van der Waals surface area contributed by atoms with Crippen molar-refractivity contribution in [3.05, 3.63) is 36.0 Å². The second-order valence-corrected chi connectivity index (χ2v) is 4.14. The first-order valence-corrected chi connectivity index (χ1v) is 5.66. The number of amides is 1. The summed E-state index contributed by atoms with van der Waals surface area (Å²) in [4.78, 5) is 16.6. The van der Waals surface area contributed by atoms with Crippen LogP contribution in [0.5, 0.6) is 0 Å². The molecule has 2 N–H and O–H groups in total. The van der Waals surface area contributed by atoms with E-state index in [0.29, 0.717) is 13.1 Å². The number of hydrogen-bond donors (Lipinski definition) is 2. The second-order valence-electron chi connectivity index (χ2n) is 4.14. The lowest BCUT2D eigenvalue weighted by molar-refractivity contribution is -0.129. The van der Waals surface area contributed by atoms with Crippen molar-refractivity contribution in [3.8, 4) is 0 Å². The first kappa shape index (κ1) is 11.7. The Labute approximate surface area is 101 Å². The quantitative estimate of drug-likeness (QED) is 0.834. The Morgan fingerprint density at radius 3 is 2.94 bits per heavy atom. The molecule has 1 aromatic carbocycles. The summed E-state index contributed by atoms with van der Waals surface area (Å²) in [6.45, 7) is 1.00. The average Bonchev–Trinajstić information content (AvgIpc) is 2.73. The van der Waals surface area contributed by atoms with Crippen LogP contribution in [-0.2, 0) is 11.3 Å². The summed E-state index contributed by atoms with van der Waals surface area (Å²) in [5.74, 6) is 0.0952. The van der Waals surface area contributed by atoms with E-state index in [0.717, 1.165) is 11.1 Å². The van der Waals surface area contributed by atoms with Crippen molar-refractivity contribution in [3.63, 3.8) is 0 Å². The topological polar surface area (TPSA) is 48.1 Å². The van der Waals surface area contributed by atoms with E-state index in [2.05, 4.69) is 16.4 Å². The van der Waals surface area contributed by atoms with Crippen LogP contribution in [0.4, 0.5) is 0 Å². The normalized spacial score (nSPS) is 10.7. The number of nitrogens with zero attached hydrogens (tertiary/aromatic N) is 1. The molecule has 2 aromatic rings. The van der Waals surface area contributed by atoms with Gasteiger partial charge in [-0.3, -0.25) is 4.79 Å². The fourth-order valence-electron chi connectivity index (χ4n) is 1.89. The number of fused-ring (bicyclic) bond motifs is 1. The fraction of sp³-hybridized carbons (Fsp3) is 0.308. The van der Waals surface area contributed by atoms with Crippen LogP contribution in [0, 0.1) is 0 Å². The molecule has 0 radical (unpaired) electrons. The molecule has 0 aliphatic rings. The largest absolute Gasteiger partial charge is 0.361 e. The van der Waals surface area contributed by atoms with E-state index in [4.69, 9.17) is 0 Å². The number of likely N-dealkylation sites (N-methyl/N-ethyl adjacent to an activating group) is 2. The molecule has 4 heteroatoms. The predicted molar refractivity (Wildman–Crippen MR) is 68.7 cm³/mol. The predicted octanol–water partition coefficient (Wildman–Crippen LogP) is 1.35. The molecule has 0 saturated heterocycles. The van der Waals surface area contributed by atoms with Gasteiger partial charge < -0.3 is 15.2 Å². The third-order valence-corrected chi connectivity index (χ3v) is 2.84. The van der Waals surface area contributed by atoms with Gasteiger partial charge in [-0.05, 0) is 18.7 Å². The van der Waals surface area contributed by atoms with Gasteiger partial charge in [-0.2, -0.15) is 0 Å². The Morgan fingerprint density at radius 1 is 1.41 bits per heavy atom. The number of carbonyl (C=O) groups is 1. The SMILES string of the molecule is CNCC(=O)N(C)Cc1c[nH]c2ccccc12. The first-order chi connectivity index (χ1) is 8.22. The van der Waals surface area contributed by atoms with E-state index in [-0.39, 0.29) is 5.91 Å². The highest BCUT2D eigenvalue weighted by atomic mass is 16.2. The number of hydrogen-bond acceptors (Lipinski definition) is 2. The molecule has 0 fully saturated rings. The molecular formula is C13H17N3O. The van der Waals surface area contributed by atoms with Gasteiger partial charge in [0.05, 0.1) is 6.54 Å². The van der Waals surface area contributed by atoms with Gasteiger partial charge in [0.15, 0.2) is 0 Å². The highest BCUT2D eigenvalue weighted by molar-refractivity contribution is 5.84. The zero-order valence-electron chi connectivity index (χ0n) is 10.2. The van der Waals surface area contributed by atoms with Crippen molar-refractivity contribution in [1.82, 2.24) is 15.2 Å². The monoisotopic (exact) mass is 231 g/mol. The smallest absolute Gasteiger partial charge is 0.236 e. The minimum Gasteiger partial charge on any atom is -0.361 e. The van der Waals surface area contributed by atoms with Crippen molar-refractivity contribution in [2.75, 3.05) is 20.6 Å². The van der Waals surface area contributed by atoms with Crippen molar-refractivity contribution in [2.45, 2.75) is 6.54 Å². The van der Waals surface area contributed by atoms with Gasteiger partial charge in [0, 0.05) is 30.7 Å². The van der Waals surface area contributed by atoms with Gasteiger partial charge >= 0.3 is 0 Å². The van der Waals surface area contributed by atoms with E-state index in [9.17, 15) is 4.79 Å². The molecule has 1 heterocycles. The molecule has 2 rings (SSSR count). The highest BCUT2D eigenvalue weighted by Crippen LogP contribution is 2.18. The highest BCUT2D eigenvalue weighted by Gasteiger charge is 2.10. The molecule has 0 unspecified atom stereocenters. The van der Waals surface area contributed by atoms with E-state index in [1.165, 1.54) is 5.39 Å².